The SMILES string of the molecule is CCOc1cccc(CNC2CC2c2ccccc2)c1. The van der Waals surface area contributed by atoms with Crippen LogP contribution in [0.1, 0.15) is 30.4 Å². The van der Waals surface area contributed by atoms with Crippen LogP contribution in [0.25, 0.3) is 0 Å². The molecule has 2 nitrogen and oxygen atoms in total. The van der Waals surface area contributed by atoms with E-state index in [0.717, 1.165) is 18.9 Å². The lowest BCUT2D eigenvalue weighted by Crippen LogP contribution is -2.17. The van der Waals surface area contributed by atoms with Crippen LogP contribution < -0.4 is 10.1 Å². The molecule has 20 heavy (non-hydrogen) atoms. The zero-order valence-corrected chi connectivity index (χ0v) is 11.9. The van der Waals surface area contributed by atoms with Crippen molar-refractivity contribution >= 4 is 0 Å². The lowest BCUT2D eigenvalue weighted by atomic mass is 10.1. The zero-order valence-electron chi connectivity index (χ0n) is 11.9. The Morgan fingerprint density at radius 1 is 1.10 bits per heavy atom. The van der Waals surface area contributed by atoms with Crippen molar-refractivity contribution in [3.05, 3.63) is 65.7 Å². The van der Waals surface area contributed by atoms with E-state index >= 15 is 0 Å². The molecule has 2 heteroatoms. The van der Waals surface area contributed by atoms with Gasteiger partial charge < -0.3 is 10.1 Å². The van der Waals surface area contributed by atoms with Gasteiger partial charge in [0.15, 0.2) is 0 Å². The molecule has 0 saturated heterocycles. The first-order valence-corrected chi connectivity index (χ1v) is 7.37. The highest BCUT2D eigenvalue weighted by atomic mass is 16.5. The maximum atomic E-state index is 5.53. The van der Waals surface area contributed by atoms with Gasteiger partial charge in [-0.15, -0.1) is 0 Å². The number of benzene rings is 2. The van der Waals surface area contributed by atoms with Crippen LogP contribution in [-0.2, 0) is 6.54 Å². The number of nitrogens with one attached hydrogen (secondary N) is 1. The predicted molar refractivity (Wildman–Crippen MR) is 82.0 cm³/mol. The summed E-state index contributed by atoms with van der Waals surface area (Å²) in [5.41, 5.74) is 2.74. The molecule has 2 aromatic carbocycles. The first-order valence-electron chi connectivity index (χ1n) is 7.37. The Hall–Kier alpha value is -1.80. The molecule has 1 N–H and O–H groups in total. The molecule has 0 bridgehead atoms. The topological polar surface area (TPSA) is 21.3 Å². The first-order chi connectivity index (χ1) is 9.86. The number of hydrogen-bond donors (Lipinski definition) is 1. The minimum Gasteiger partial charge on any atom is -0.494 e. The van der Waals surface area contributed by atoms with Crippen LogP contribution in [0.3, 0.4) is 0 Å². The van der Waals surface area contributed by atoms with E-state index in [4.69, 9.17) is 4.74 Å². The Morgan fingerprint density at radius 2 is 1.95 bits per heavy atom. The molecule has 1 aliphatic rings. The third kappa shape index (κ3) is 3.20. The highest BCUT2D eigenvalue weighted by molar-refractivity contribution is 5.30. The van der Waals surface area contributed by atoms with Gasteiger partial charge in [-0.05, 0) is 36.6 Å². The van der Waals surface area contributed by atoms with E-state index in [-0.39, 0.29) is 0 Å². The molecule has 104 valence electrons. The van der Waals surface area contributed by atoms with Crippen molar-refractivity contribution in [3.63, 3.8) is 0 Å². The summed E-state index contributed by atoms with van der Waals surface area (Å²) >= 11 is 0. The molecular formula is C18H21NO. The van der Waals surface area contributed by atoms with Crippen molar-refractivity contribution in [2.75, 3.05) is 6.61 Å². The van der Waals surface area contributed by atoms with Crippen molar-refractivity contribution < 1.29 is 4.74 Å². The molecule has 0 aliphatic heterocycles. The van der Waals surface area contributed by atoms with E-state index < -0.39 is 0 Å². The Bertz CT molecular complexity index is 552. The second kappa shape index (κ2) is 6.10. The van der Waals surface area contributed by atoms with Crippen molar-refractivity contribution in [2.24, 2.45) is 0 Å². The summed E-state index contributed by atoms with van der Waals surface area (Å²) in [4.78, 5) is 0. The molecule has 2 unspecified atom stereocenters. The Morgan fingerprint density at radius 3 is 2.75 bits per heavy atom. The molecule has 1 aliphatic carbocycles. The third-order valence-electron chi connectivity index (χ3n) is 3.80. The van der Waals surface area contributed by atoms with Gasteiger partial charge in [0.25, 0.3) is 0 Å². The highest BCUT2D eigenvalue weighted by Crippen LogP contribution is 2.40. The van der Waals surface area contributed by atoms with Gasteiger partial charge in [-0.25, -0.2) is 0 Å². The monoisotopic (exact) mass is 267 g/mol. The van der Waals surface area contributed by atoms with Crippen molar-refractivity contribution in [1.82, 2.24) is 5.32 Å². The Kier molecular flexibility index (Phi) is 4.03. The first kappa shape index (κ1) is 13.2. The fourth-order valence-corrected chi connectivity index (χ4v) is 2.65. The molecule has 2 aromatic rings. The van der Waals surface area contributed by atoms with Crippen LogP contribution in [0.15, 0.2) is 54.6 Å². The predicted octanol–water partition coefficient (Wildman–Crippen LogP) is 3.73. The summed E-state index contributed by atoms with van der Waals surface area (Å²) in [6, 6.07) is 19.7. The van der Waals surface area contributed by atoms with Gasteiger partial charge >= 0.3 is 0 Å². The molecule has 1 saturated carbocycles. The van der Waals surface area contributed by atoms with Gasteiger partial charge in [-0.3, -0.25) is 0 Å². The lowest BCUT2D eigenvalue weighted by molar-refractivity contribution is 0.340. The number of hydrogen-bond acceptors (Lipinski definition) is 2. The van der Waals surface area contributed by atoms with Gasteiger partial charge in [-0.1, -0.05) is 42.5 Å². The quantitative estimate of drug-likeness (QED) is 0.861. The van der Waals surface area contributed by atoms with Gasteiger partial charge in [0.1, 0.15) is 5.75 Å². The Labute approximate surface area is 120 Å². The molecule has 0 aromatic heterocycles. The van der Waals surface area contributed by atoms with E-state index in [1.54, 1.807) is 0 Å². The molecule has 3 rings (SSSR count). The average molecular weight is 267 g/mol. The summed E-state index contributed by atoms with van der Waals surface area (Å²) in [6.45, 7) is 3.64. The summed E-state index contributed by atoms with van der Waals surface area (Å²) in [5, 5.41) is 3.64. The van der Waals surface area contributed by atoms with Crippen molar-refractivity contribution in [1.29, 1.82) is 0 Å². The molecule has 2 atom stereocenters. The van der Waals surface area contributed by atoms with E-state index in [0.29, 0.717) is 12.0 Å². The summed E-state index contributed by atoms with van der Waals surface area (Å²) in [7, 11) is 0. The smallest absolute Gasteiger partial charge is 0.119 e. The highest BCUT2D eigenvalue weighted by Gasteiger charge is 2.37. The van der Waals surface area contributed by atoms with Gasteiger partial charge in [0.2, 0.25) is 0 Å². The van der Waals surface area contributed by atoms with Crippen LogP contribution in [0, 0.1) is 0 Å². The van der Waals surface area contributed by atoms with E-state index in [1.165, 1.54) is 17.5 Å². The van der Waals surface area contributed by atoms with Gasteiger partial charge in [0.05, 0.1) is 6.61 Å². The van der Waals surface area contributed by atoms with Crippen molar-refractivity contribution in [3.8, 4) is 5.75 Å². The fraction of sp³-hybridized carbons (Fsp3) is 0.333. The second-order valence-electron chi connectivity index (χ2n) is 5.32. The van der Waals surface area contributed by atoms with Gasteiger partial charge in [-0.2, -0.15) is 0 Å². The average Bonchev–Trinajstić information content (AvgIpc) is 3.27. The summed E-state index contributed by atoms with van der Waals surface area (Å²) < 4.78 is 5.53. The van der Waals surface area contributed by atoms with Crippen LogP contribution in [0.2, 0.25) is 0 Å². The molecule has 0 amide bonds. The molecule has 1 fully saturated rings. The van der Waals surface area contributed by atoms with Crippen LogP contribution in [0.4, 0.5) is 0 Å². The minimum atomic E-state index is 0.619. The summed E-state index contributed by atoms with van der Waals surface area (Å²) in [5.74, 6) is 1.65. The molecule has 0 heterocycles. The number of rotatable bonds is 6. The second-order valence-corrected chi connectivity index (χ2v) is 5.32. The van der Waals surface area contributed by atoms with E-state index in [1.807, 2.05) is 13.0 Å². The largest absolute Gasteiger partial charge is 0.494 e. The van der Waals surface area contributed by atoms with Crippen molar-refractivity contribution in [2.45, 2.75) is 31.8 Å². The van der Waals surface area contributed by atoms with Gasteiger partial charge in [0, 0.05) is 18.5 Å². The summed E-state index contributed by atoms with van der Waals surface area (Å²) in [6.07, 6.45) is 1.25. The van der Waals surface area contributed by atoms with E-state index in [2.05, 4.69) is 53.8 Å². The lowest BCUT2D eigenvalue weighted by Gasteiger charge is -2.07. The Balaban J connectivity index is 1.52. The standard InChI is InChI=1S/C18H21NO/c1-2-20-16-10-6-7-14(11-16)13-19-18-12-17(18)15-8-4-3-5-9-15/h3-11,17-19H,2,12-13H2,1H3. The zero-order chi connectivity index (χ0) is 13.8. The van der Waals surface area contributed by atoms with Crippen LogP contribution in [-0.4, -0.2) is 12.6 Å². The maximum absolute atomic E-state index is 5.53. The third-order valence-corrected chi connectivity index (χ3v) is 3.80. The molecule has 0 radical (unpaired) electrons. The van der Waals surface area contributed by atoms with E-state index in [9.17, 15) is 0 Å². The normalized spacial score (nSPS) is 20.6. The van der Waals surface area contributed by atoms with Crippen LogP contribution in [0.5, 0.6) is 5.75 Å². The fourth-order valence-electron chi connectivity index (χ4n) is 2.65. The number of ether oxygens (including phenoxy) is 1. The minimum absolute atomic E-state index is 0.619. The van der Waals surface area contributed by atoms with Crippen LogP contribution >= 0.6 is 0 Å². The molecule has 0 spiro atoms. The molecular weight excluding hydrogens is 246 g/mol. The maximum Gasteiger partial charge on any atom is 0.119 e.